The Morgan fingerprint density at radius 3 is 1.16 bits per heavy atom. The van der Waals surface area contributed by atoms with E-state index in [-0.39, 0.29) is 0 Å². The summed E-state index contributed by atoms with van der Waals surface area (Å²) >= 11 is 0. The molecule has 0 aliphatic heterocycles. The van der Waals surface area contributed by atoms with Crippen molar-refractivity contribution in [1.29, 1.82) is 0 Å². The Morgan fingerprint density at radius 2 is 0.760 bits per heavy atom. The van der Waals surface area contributed by atoms with Gasteiger partial charge in [0.25, 0.3) is 0 Å². The molecule has 25 heavy (non-hydrogen) atoms. The molecular formula is C24H20Si. The number of rotatable bonds is 3. The predicted octanol–water partition coefficient (Wildman–Crippen LogP) is 4.68. The second kappa shape index (κ2) is 6.92. The molecule has 1 heteroatoms. The summed E-state index contributed by atoms with van der Waals surface area (Å²) in [6.07, 6.45) is 0. The minimum absolute atomic E-state index is 1.01. The van der Waals surface area contributed by atoms with Crippen LogP contribution >= 0.6 is 0 Å². The molecule has 0 atom stereocenters. The van der Waals surface area contributed by atoms with Crippen LogP contribution in [-0.4, -0.2) is 10.2 Å². The van der Waals surface area contributed by atoms with Crippen molar-refractivity contribution in [2.24, 2.45) is 0 Å². The fourth-order valence-electron chi connectivity index (χ4n) is 3.35. The first-order valence-electron chi connectivity index (χ1n) is 8.64. The molecule has 0 spiro atoms. The summed E-state index contributed by atoms with van der Waals surface area (Å²) in [7, 11) is 1.01. The molecule has 120 valence electrons. The first-order valence-corrected chi connectivity index (χ1v) is 9.64. The molecule has 0 aliphatic rings. The third-order valence-electron chi connectivity index (χ3n) is 4.68. The van der Waals surface area contributed by atoms with E-state index < -0.39 is 0 Å². The Hall–Kier alpha value is -2.90. The van der Waals surface area contributed by atoms with Gasteiger partial charge in [-0.2, -0.15) is 0 Å². The maximum Gasteiger partial charge on any atom is 0.0401 e. The van der Waals surface area contributed by atoms with Gasteiger partial charge in [-0.15, -0.1) is 0 Å². The molecule has 0 saturated heterocycles. The Morgan fingerprint density at radius 1 is 0.400 bits per heavy atom. The Labute approximate surface area is 152 Å². The summed E-state index contributed by atoms with van der Waals surface area (Å²) < 4.78 is 0. The normalized spacial score (nSPS) is 10.7. The van der Waals surface area contributed by atoms with Crippen LogP contribution in [0.25, 0.3) is 33.4 Å². The first kappa shape index (κ1) is 15.6. The Balaban J connectivity index is 1.98. The van der Waals surface area contributed by atoms with Gasteiger partial charge in [0, 0.05) is 10.2 Å². The van der Waals surface area contributed by atoms with Crippen molar-refractivity contribution in [2.75, 3.05) is 0 Å². The van der Waals surface area contributed by atoms with Crippen LogP contribution in [0.2, 0.25) is 0 Å². The van der Waals surface area contributed by atoms with Gasteiger partial charge in [0.15, 0.2) is 0 Å². The lowest BCUT2D eigenvalue weighted by Crippen LogP contribution is -2.11. The molecular weight excluding hydrogens is 316 g/mol. The van der Waals surface area contributed by atoms with E-state index in [0.717, 1.165) is 10.2 Å². The maximum absolute atomic E-state index is 2.35. The standard InChI is InChI=1S/C24H20Si/c25-24-22(19-12-6-2-7-13-19)16-21(18-10-4-1-5-11-18)17-23(24)20-14-8-3-9-15-20/h1-17H,25H3. The zero-order valence-electron chi connectivity index (χ0n) is 14.3. The minimum atomic E-state index is 1.01. The fourth-order valence-corrected chi connectivity index (χ4v) is 4.21. The lowest BCUT2D eigenvalue weighted by Gasteiger charge is -2.16. The number of hydrogen-bond donors (Lipinski definition) is 0. The maximum atomic E-state index is 2.35. The van der Waals surface area contributed by atoms with Crippen LogP contribution in [0, 0.1) is 0 Å². The summed E-state index contributed by atoms with van der Waals surface area (Å²) in [5.74, 6) is 0. The lowest BCUT2D eigenvalue weighted by atomic mass is 9.93. The third-order valence-corrected chi connectivity index (χ3v) is 5.76. The van der Waals surface area contributed by atoms with E-state index in [2.05, 4.69) is 103 Å². The van der Waals surface area contributed by atoms with Crippen molar-refractivity contribution in [1.82, 2.24) is 0 Å². The number of hydrogen-bond acceptors (Lipinski definition) is 0. The van der Waals surface area contributed by atoms with Gasteiger partial charge in [0.1, 0.15) is 0 Å². The zero-order chi connectivity index (χ0) is 17.1. The highest BCUT2D eigenvalue weighted by Gasteiger charge is 2.11. The highest BCUT2D eigenvalue weighted by atomic mass is 28.1. The average molecular weight is 337 g/mol. The van der Waals surface area contributed by atoms with Crippen LogP contribution < -0.4 is 5.19 Å². The average Bonchev–Trinajstić information content (AvgIpc) is 2.70. The van der Waals surface area contributed by atoms with E-state index in [1.54, 1.807) is 0 Å². The van der Waals surface area contributed by atoms with Gasteiger partial charge < -0.3 is 0 Å². The monoisotopic (exact) mass is 336 g/mol. The van der Waals surface area contributed by atoms with E-state index >= 15 is 0 Å². The van der Waals surface area contributed by atoms with Gasteiger partial charge in [0.2, 0.25) is 0 Å². The molecule has 4 rings (SSSR count). The van der Waals surface area contributed by atoms with Crippen molar-refractivity contribution in [2.45, 2.75) is 0 Å². The van der Waals surface area contributed by atoms with Crippen LogP contribution in [0.4, 0.5) is 0 Å². The number of benzene rings is 4. The minimum Gasteiger partial charge on any atom is -0.0622 e. The van der Waals surface area contributed by atoms with Gasteiger partial charge in [0.05, 0.1) is 0 Å². The van der Waals surface area contributed by atoms with Gasteiger partial charge in [-0.1, -0.05) is 96.2 Å². The highest BCUT2D eigenvalue weighted by Crippen LogP contribution is 2.30. The summed E-state index contributed by atoms with van der Waals surface area (Å²) in [5, 5.41) is 1.46. The molecule has 4 aromatic carbocycles. The van der Waals surface area contributed by atoms with Gasteiger partial charge in [-0.3, -0.25) is 0 Å². The van der Waals surface area contributed by atoms with Gasteiger partial charge in [-0.25, -0.2) is 0 Å². The molecule has 0 heterocycles. The van der Waals surface area contributed by atoms with Crippen molar-refractivity contribution >= 4 is 15.4 Å². The summed E-state index contributed by atoms with van der Waals surface area (Å²) in [5.41, 5.74) is 7.83. The van der Waals surface area contributed by atoms with Crippen molar-refractivity contribution in [3.63, 3.8) is 0 Å². The van der Waals surface area contributed by atoms with Crippen molar-refractivity contribution in [3.8, 4) is 33.4 Å². The quantitative estimate of drug-likeness (QED) is 0.477. The van der Waals surface area contributed by atoms with Crippen molar-refractivity contribution in [3.05, 3.63) is 103 Å². The van der Waals surface area contributed by atoms with Crippen molar-refractivity contribution < 1.29 is 0 Å². The van der Waals surface area contributed by atoms with E-state index in [0.29, 0.717) is 0 Å². The van der Waals surface area contributed by atoms with E-state index in [4.69, 9.17) is 0 Å². The SMILES string of the molecule is [SiH3]c1c(-c2ccccc2)cc(-c2ccccc2)cc1-c1ccccc1. The van der Waals surface area contributed by atoms with E-state index in [1.807, 2.05) is 0 Å². The summed E-state index contributed by atoms with van der Waals surface area (Å²) in [6, 6.07) is 36.8. The fraction of sp³-hybridized carbons (Fsp3) is 0. The van der Waals surface area contributed by atoms with E-state index in [1.165, 1.54) is 38.6 Å². The third kappa shape index (κ3) is 3.19. The second-order valence-electron chi connectivity index (χ2n) is 6.29. The van der Waals surface area contributed by atoms with Crippen LogP contribution in [0.3, 0.4) is 0 Å². The molecule has 0 amide bonds. The van der Waals surface area contributed by atoms with Crippen LogP contribution in [0.1, 0.15) is 0 Å². The lowest BCUT2D eigenvalue weighted by molar-refractivity contribution is 1.59. The molecule has 0 aromatic heterocycles. The summed E-state index contributed by atoms with van der Waals surface area (Å²) in [4.78, 5) is 0. The van der Waals surface area contributed by atoms with Crippen LogP contribution in [0.5, 0.6) is 0 Å². The molecule has 0 N–H and O–H groups in total. The molecule has 0 bridgehead atoms. The topological polar surface area (TPSA) is 0 Å². The van der Waals surface area contributed by atoms with Crippen LogP contribution in [0.15, 0.2) is 103 Å². The Kier molecular flexibility index (Phi) is 4.32. The molecule has 0 saturated carbocycles. The molecule has 0 fully saturated rings. The van der Waals surface area contributed by atoms with Gasteiger partial charge in [-0.05, 0) is 45.5 Å². The summed E-state index contributed by atoms with van der Waals surface area (Å²) in [6.45, 7) is 0. The Bertz CT molecular complexity index is 914. The molecule has 0 unspecified atom stereocenters. The molecule has 0 radical (unpaired) electrons. The molecule has 0 nitrogen and oxygen atoms in total. The molecule has 0 aliphatic carbocycles. The second-order valence-corrected chi connectivity index (χ2v) is 7.29. The highest BCUT2D eigenvalue weighted by molar-refractivity contribution is 6.39. The smallest absolute Gasteiger partial charge is 0.0401 e. The van der Waals surface area contributed by atoms with Gasteiger partial charge >= 0.3 is 0 Å². The molecule has 4 aromatic rings. The zero-order valence-corrected chi connectivity index (χ0v) is 16.3. The first-order chi connectivity index (χ1) is 12.3. The largest absolute Gasteiger partial charge is 0.0622 e. The van der Waals surface area contributed by atoms with E-state index in [9.17, 15) is 0 Å². The van der Waals surface area contributed by atoms with Crippen LogP contribution in [-0.2, 0) is 0 Å². The predicted molar refractivity (Wildman–Crippen MR) is 112 cm³/mol.